The van der Waals surface area contributed by atoms with Gasteiger partial charge in [0.15, 0.2) is 0 Å². The van der Waals surface area contributed by atoms with E-state index in [-0.39, 0.29) is 23.3 Å². The van der Waals surface area contributed by atoms with Crippen LogP contribution in [0.3, 0.4) is 0 Å². The fourth-order valence-corrected chi connectivity index (χ4v) is 3.08. The van der Waals surface area contributed by atoms with E-state index in [0.717, 1.165) is 0 Å². The molecule has 0 spiro atoms. The summed E-state index contributed by atoms with van der Waals surface area (Å²) in [6.07, 6.45) is 1.33. The Hall–Kier alpha value is -1.28. The number of rotatable bonds is 6. The zero-order valence-corrected chi connectivity index (χ0v) is 13.4. The summed E-state index contributed by atoms with van der Waals surface area (Å²) in [5, 5.41) is 0.465. The molecule has 0 aliphatic carbocycles. The lowest BCUT2D eigenvalue weighted by atomic mass is 10.3. The Kier molecular flexibility index (Phi) is 5.10. The summed E-state index contributed by atoms with van der Waals surface area (Å²) in [6.45, 7) is 0.267. The van der Waals surface area contributed by atoms with Crippen LogP contribution in [0.2, 0.25) is 10.2 Å². The van der Waals surface area contributed by atoms with Gasteiger partial charge in [0.2, 0.25) is 5.03 Å². The third-order valence-electron chi connectivity index (χ3n) is 2.57. The molecular formula is C12H13Cl2N3O3S. The first kappa shape index (κ1) is 16.1. The highest BCUT2D eigenvalue weighted by molar-refractivity contribution is 7.89. The first-order valence-corrected chi connectivity index (χ1v) is 8.19. The number of nitrogens with one attached hydrogen (secondary N) is 1. The Labute approximate surface area is 132 Å². The second-order valence-electron chi connectivity index (χ2n) is 4.15. The zero-order valence-electron chi connectivity index (χ0n) is 11.1. The van der Waals surface area contributed by atoms with E-state index in [4.69, 9.17) is 27.9 Å². The van der Waals surface area contributed by atoms with Crippen LogP contribution in [0.4, 0.5) is 0 Å². The first-order valence-electron chi connectivity index (χ1n) is 5.95. The fourth-order valence-electron chi connectivity index (χ4n) is 1.52. The topological polar surface area (TPSA) is 73.2 Å². The maximum atomic E-state index is 12.0. The highest BCUT2D eigenvalue weighted by Crippen LogP contribution is 2.18. The first-order chi connectivity index (χ1) is 9.90. The molecule has 6 nitrogen and oxygen atoms in total. The van der Waals surface area contributed by atoms with E-state index in [1.807, 2.05) is 0 Å². The molecule has 0 amide bonds. The van der Waals surface area contributed by atoms with Gasteiger partial charge in [-0.25, -0.2) is 18.1 Å². The lowest BCUT2D eigenvalue weighted by Crippen LogP contribution is -2.28. The third kappa shape index (κ3) is 4.10. The van der Waals surface area contributed by atoms with Gasteiger partial charge in [-0.2, -0.15) is 0 Å². The van der Waals surface area contributed by atoms with Crippen LogP contribution >= 0.6 is 23.2 Å². The molecule has 0 saturated heterocycles. The second kappa shape index (κ2) is 6.65. The second-order valence-corrected chi connectivity index (χ2v) is 6.63. The molecule has 0 saturated carbocycles. The average molecular weight is 350 g/mol. The predicted octanol–water partition coefficient (Wildman–Crippen LogP) is 2.08. The minimum absolute atomic E-state index is 0.0566. The summed E-state index contributed by atoms with van der Waals surface area (Å²) in [5.41, 5.74) is 0. The van der Waals surface area contributed by atoms with Gasteiger partial charge in [0.1, 0.15) is 17.5 Å². The molecule has 21 heavy (non-hydrogen) atoms. The van der Waals surface area contributed by atoms with E-state index in [1.165, 1.54) is 10.9 Å². The van der Waals surface area contributed by atoms with Crippen molar-refractivity contribution in [3.8, 4) is 5.75 Å². The van der Waals surface area contributed by atoms with Crippen molar-refractivity contribution in [1.29, 1.82) is 0 Å². The van der Waals surface area contributed by atoms with Gasteiger partial charge < -0.3 is 9.30 Å². The molecule has 0 radical (unpaired) electrons. The normalized spacial score (nSPS) is 11.6. The largest absolute Gasteiger partial charge is 0.492 e. The Balaban J connectivity index is 1.88. The Morgan fingerprint density at radius 1 is 1.29 bits per heavy atom. The van der Waals surface area contributed by atoms with Gasteiger partial charge >= 0.3 is 0 Å². The minimum atomic E-state index is -3.75. The highest BCUT2D eigenvalue weighted by Gasteiger charge is 2.21. The number of benzene rings is 1. The number of sulfonamides is 1. The molecule has 0 aliphatic rings. The van der Waals surface area contributed by atoms with Crippen molar-refractivity contribution in [3.63, 3.8) is 0 Å². The molecule has 1 aromatic carbocycles. The average Bonchev–Trinajstić information content (AvgIpc) is 2.78. The monoisotopic (exact) mass is 349 g/mol. The van der Waals surface area contributed by atoms with Gasteiger partial charge in [-0.15, -0.1) is 0 Å². The van der Waals surface area contributed by atoms with Crippen molar-refractivity contribution in [2.45, 2.75) is 5.03 Å². The summed E-state index contributed by atoms with van der Waals surface area (Å²) in [7, 11) is -2.14. The lowest BCUT2D eigenvalue weighted by molar-refractivity contribution is 0.323. The smallest absolute Gasteiger partial charge is 0.261 e. The molecule has 0 unspecified atom stereocenters. The van der Waals surface area contributed by atoms with Crippen LogP contribution in [-0.2, 0) is 17.1 Å². The van der Waals surface area contributed by atoms with E-state index in [0.29, 0.717) is 10.8 Å². The number of nitrogens with zero attached hydrogens (tertiary/aromatic N) is 2. The van der Waals surface area contributed by atoms with Crippen LogP contribution in [0.15, 0.2) is 35.6 Å². The predicted molar refractivity (Wildman–Crippen MR) is 80.4 cm³/mol. The maximum absolute atomic E-state index is 12.0. The SMILES string of the molecule is Cn1cnc(S(=O)(=O)NCCOc2ccc(Cl)cc2)c1Cl. The van der Waals surface area contributed by atoms with Crippen molar-refractivity contribution >= 4 is 33.2 Å². The molecule has 1 aromatic heterocycles. The molecule has 0 fully saturated rings. The lowest BCUT2D eigenvalue weighted by Gasteiger charge is -2.07. The van der Waals surface area contributed by atoms with Crippen molar-refractivity contribution < 1.29 is 13.2 Å². The summed E-state index contributed by atoms with van der Waals surface area (Å²) >= 11 is 11.6. The fraction of sp³-hybridized carbons (Fsp3) is 0.250. The van der Waals surface area contributed by atoms with Crippen LogP contribution in [0.1, 0.15) is 0 Å². The number of aryl methyl sites for hydroxylation is 1. The summed E-state index contributed by atoms with van der Waals surface area (Å²) in [5.74, 6) is 0.606. The van der Waals surface area contributed by atoms with Crippen LogP contribution < -0.4 is 9.46 Å². The molecular weight excluding hydrogens is 337 g/mol. The molecule has 0 bridgehead atoms. The molecule has 1 N–H and O–H groups in total. The molecule has 0 atom stereocenters. The van der Waals surface area contributed by atoms with Crippen molar-refractivity contribution in [1.82, 2.24) is 14.3 Å². The number of aromatic nitrogens is 2. The Morgan fingerprint density at radius 2 is 1.95 bits per heavy atom. The molecule has 1 heterocycles. The molecule has 114 valence electrons. The van der Waals surface area contributed by atoms with Crippen LogP contribution in [0.5, 0.6) is 5.75 Å². The maximum Gasteiger partial charge on any atom is 0.261 e. The van der Waals surface area contributed by atoms with Crippen molar-refractivity contribution in [2.75, 3.05) is 13.2 Å². The van der Waals surface area contributed by atoms with Crippen molar-refractivity contribution in [2.24, 2.45) is 7.05 Å². The third-order valence-corrected chi connectivity index (χ3v) is 4.77. The molecule has 2 aromatic rings. The quantitative estimate of drug-likeness (QED) is 0.810. The van der Waals surface area contributed by atoms with Gasteiger partial charge in [0.25, 0.3) is 10.0 Å². The molecule has 9 heteroatoms. The summed E-state index contributed by atoms with van der Waals surface area (Å²) < 4.78 is 33.1. The van der Waals surface area contributed by atoms with E-state index in [2.05, 4.69) is 9.71 Å². The van der Waals surface area contributed by atoms with E-state index >= 15 is 0 Å². The van der Waals surface area contributed by atoms with Crippen LogP contribution in [0, 0.1) is 0 Å². The Bertz CT molecular complexity index is 714. The number of hydrogen-bond acceptors (Lipinski definition) is 4. The van der Waals surface area contributed by atoms with Gasteiger partial charge in [0.05, 0.1) is 6.33 Å². The molecule has 0 aliphatic heterocycles. The summed E-state index contributed by atoms with van der Waals surface area (Å²) in [6, 6.07) is 6.78. The van der Waals surface area contributed by atoms with E-state index in [9.17, 15) is 8.42 Å². The highest BCUT2D eigenvalue weighted by atomic mass is 35.5. The number of imidazole rings is 1. The van der Waals surface area contributed by atoms with Crippen molar-refractivity contribution in [3.05, 3.63) is 40.8 Å². The number of hydrogen-bond donors (Lipinski definition) is 1. The van der Waals surface area contributed by atoms with Gasteiger partial charge in [-0.3, -0.25) is 0 Å². The Morgan fingerprint density at radius 3 is 2.52 bits per heavy atom. The standard InChI is InChI=1S/C12H13Cl2N3O3S/c1-17-8-15-12(11(17)14)21(18,19)16-6-7-20-10-4-2-9(13)3-5-10/h2-5,8,16H,6-7H2,1H3. The van der Waals surface area contributed by atoms with Crippen LogP contribution in [0.25, 0.3) is 0 Å². The number of halogens is 2. The number of ether oxygens (including phenoxy) is 1. The van der Waals surface area contributed by atoms with Gasteiger partial charge in [0, 0.05) is 18.6 Å². The zero-order chi connectivity index (χ0) is 15.5. The summed E-state index contributed by atoms with van der Waals surface area (Å²) in [4.78, 5) is 3.76. The van der Waals surface area contributed by atoms with Crippen LogP contribution in [-0.4, -0.2) is 31.1 Å². The van der Waals surface area contributed by atoms with Gasteiger partial charge in [-0.05, 0) is 24.3 Å². The molecule has 2 rings (SSSR count). The van der Waals surface area contributed by atoms with Gasteiger partial charge in [-0.1, -0.05) is 23.2 Å². The minimum Gasteiger partial charge on any atom is -0.492 e. The van der Waals surface area contributed by atoms with E-state index < -0.39 is 10.0 Å². The van der Waals surface area contributed by atoms with E-state index in [1.54, 1.807) is 31.3 Å².